The molecule has 112 valence electrons. The second kappa shape index (κ2) is 5.32. The van der Waals surface area contributed by atoms with Crippen LogP contribution in [-0.4, -0.2) is 67.6 Å². The number of nitrogens with zero attached hydrogens (tertiary/aromatic N) is 2. The summed E-state index contributed by atoms with van der Waals surface area (Å²) in [5.41, 5.74) is -0.0813. The molecule has 0 saturated carbocycles. The van der Waals surface area contributed by atoms with Crippen LogP contribution in [0.3, 0.4) is 0 Å². The molecule has 5 atom stereocenters. The number of rotatable bonds is 3. The van der Waals surface area contributed by atoms with Crippen molar-refractivity contribution in [3.8, 4) is 0 Å². The van der Waals surface area contributed by atoms with Gasteiger partial charge in [-0.1, -0.05) is 13.8 Å². The molecule has 0 bridgehead atoms. The van der Waals surface area contributed by atoms with Crippen LogP contribution in [0.4, 0.5) is 0 Å². The lowest BCUT2D eigenvalue weighted by atomic mass is 9.81. The van der Waals surface area contributed by atoms with Crippen LogP contribution in [0.1, 0.15) is 34.1 Å². The van der Waals surface area contributed by atoms with Crippen LogP contribution in [0.5, 0.6) is 0 Å². The van der Waals surface area contributed by atoms with E-state index in [-0.39, 0.29) is 17.9 Å². The number of hydrogen-bond donors (Lipinski definition) is 0. The summed E-state index contributed by atoms with van der Waals surface area (Å²) in [6.07, 6.45) is 1.70. The molecule has 4 nitrogen and oxygen atoms in total. The summed E-state index contributed by atoms with van der Waals surface area (Å²) >= 11 is 0. The Balaban J connectivity index is 2.16. The van der Waals surface area contributed by atoms with Crippen LogP contribution < -0.4 is 0 Å². The summed E-state index contributed by atoms with van der Waals surface area (Å²) in [6, 6.07) is 0.354. The van der Waals surface area contributed by atoms with Crippen molar-refractivity contribution in [2.75, 3.05) is 27.7 Å². The van der Waals surface area contributed by atoms with E-state index in [1.807, 2.05) is 0 Å². The molecule has 19 heavy (non-hydrogen) atoms. The lowest BCUT2D eigenvalue weighted by molar-refractivity contribution is -0.158. The van der Waals surface area contributed by atoms with Gasteiger partial charge in [0.1, 0.15) is 6.23 Å². The first-order valence-electron chi connectivity index (χ1n) is 7.44. The van der Waals surface area contributed by atoms with Gasteiger partial charge in [-0.05, 0) is 40.9 Å². The van der Waals surface area contributed by atoms with Crippen LogP contribution in [0.15, 0.2) is 0 Å². The highest BCUT2D eigenvalue weighted by molar-refractivity contribution is 5.05. The van der Waals surface area contributed by atoms with Gasteiger partial charge in [-0.15, -0.1) is 0 Å². The first-order valence-corrected chi connectivity index (χ1v) is 7.44. The SMILES string of the molecule is CC(C)C1CC2(C)OC(CN(C)C)N(C)C2C(C)O1. The fraction of sp³-hybridized carbons (Fsp3) is 1.00. The van der Waals surface area contributed by atoms with Crippen LogP contribution >= 0.6 is 0 Å². The van der Waals surface area contributed by atoms with Crippen molar-refractivity contribution in [2.45, 2.75) is 64.2 Å². The van der Waals surface area contributed by atoms with Gasteiger partial charge in [0.25, 0.3) is 0 Å². The second-order valence-corrected chi connectivity index (χ2v) is 7.09. The van der Waals surface area contributed by atoms with Crippen LogP contribution in [0.2, 0.25) is 0 Å². The standard InChI is InChI=1S/C15H30N2O2/c1-10(2)12-8-15(4)14(11(3)18-12)17(7)13(19-15)9-16(5)6/h10-14H,8-9H2,1-7H3. The summed E-state index contributed by atoms with van der Waals surface area (Å²) in [4.78, 5) is 4.55. The van der Waals surface area contributed by atoms with Gasteiger partial charge in [-0.25, -0.2) is 0 Å². The Morgan fingerprint density at radius 3 is 2.53 bits per heavy atom. The van der Waals surface area contributed by atoms with Crippen molar-refractivity contribution in [1.82, 2.24) is 9.80 Å². The molecule has 2 rings (SSSR count). The van der Waals surface area contributed by atoms with Crippen LogP contribution in [0.25, 0.3) is 0 Å². The number of likely N-dealkylation sites (N-methyl/N-ethyl adjacent to an activating group) is 2. The summed E-state index contributed by atoms with van der Waals surface area (Å²) in [6.45, 7) is 9.85. The zero-order valence-electron chi connectivity index (χ0n) is 13.5. The fourth-order valence-corrected chi connectivity index (χ4v) is 3.74. The van der Waals surface area contributed by atoms with Gasteiger partial charge in [0.2, 0.25) is 0 Å². The minimum absolute atomic E-state index is 0.0813. The van der Waals surface area contributed by atoms with Gasteiger partial charge in [-0.3, -0.25) is 4.90 Å². The van der Waals surface area contributed by atoms with E-state index in [4.69, 9.17) is 9.47 Å². The second-order valence-electron chi connectivity index (χ2n) is 7.09. The van der Waals surface area contributed by atoms with Gasteiger partial charge in [0.15, 0.2) is 0 Å². The van der Waals surface area contributed by atoms with Crippen LogP contribution in [0, 0.1) is 5.92 Å². The first-order chi connectivity index (χ1) is 8.74. The maximum absolute atomic E-state index is 6.43. The first kappa shape index (κ1) is 15.2. The third-order valence-electron chi connectivity index (χ3n) is 4.63. The van der Waals surface area contributed by atoms with E-state index in [0.717, 1.165) is 13.0 Å². The fourth-order valence-electron chi connectivity index (χ4n) is 3.74. The maximum Gasteiger partial charge on any atom is 0.124 e. The molecule has 0 aromatic rings. The zero-order valence-corrected chi connectivity index (χ0v) is 13.5. The number of ether oxygens (including phenoxy) is 2. The summed E-state index contributed by atoms with van der Waals surface area (Å²) in [5.74, 6) is 0.544. The Kier molecular flexibility index (Phi) is 4.26. The van der Waals surface area contributed by atoms with E-state index in [0.29, 0.717) is 18.1 Å². The predicted octanol–water partition coefficient (Wildman–Crippen LogP) is 1.80. The third kappa shape index (κ3) is 2.82. The lowest BCUT2D eigenvalue weighted by Gasteiger charge is -2.45. The Bertz CT molecular complexity index is 321. The monoisotopic (exact) mass is 270 g/mol. The van der Waals surface area contributed by atoms with E-state index in [9.17, 15) is 0 Å². The third-order valence-corrected chi connectivity index (χ3v) is 4.63. The molecule has 5 unspecified atom stereocenters. The van der Waals surface area contributed by atoms with Gasteiger partial charge in [0, 0.05) is 13.0 Å². The highest BCUT2D eigenvalue weighted by Gasteiger charge is 2.55. The molecule has 0 aromatic heterocycles. The predicted molar refractivity (Wildman–Crippen MR) is 77.2 cm³/mol. The largest absolute Gasteiger partial charge is 0.373 e. The molecule has 0 aliphatic carbocycles. The summed E-state index contributed by atoms with van der Waals surface area (Å²) in [7, 11) is 6.36. The van der Waals surface area contributed by atoms with E-state index in [1.54, 1.807) is 0 Å². The Labute approximate surface area is 118 Å². The Morgan fingerprint density at radius 2 is 2.00 bits per heavy atom. The molecular formula is C15H30N2O2. The highest BCUT2D eigenvalue weighted by atomic mass is 16.6. The molecule has 0 aromatic carbocycles. The molecular weight excluding hydrogens is 240 g/mol. The van der Waals surface area contributed by atoms with E-state index < -0.39 is 0 Å². The van der Waals surface area contributed by atoms with E-state index in [1.165, 1.54) is 0 Å². The molecule has 2 heterocycles. The quantitative estimate of drug-likeness (QED) is 0.781. The van der Waals surface area contributed by atoms with Gasteiger partial charge >= 0.3 is 0 Å². The zero-order chi connectivity index (χ0) is 14.4. The Hall–Kier alpha value is -0.160. The minimum Gasteiger partial charge on any atom is -0.373 e. The normalized spacial score (nSPS) is 44.1. The highest BCUT2D eigenvalue weighted by Crippen LogP contribution is 2.43. The van der Waals surface area contributed by atoms with Gasteiger partial charge in [0.05, 0.1) is 23.9 Å². The number of hydrogen-bond acceptors (Lipinski definition) is 4. The summed E-state index contributed by atoms with van der Waals surface area (Å²) < 4.78 is 12.6. The van der Waals surface area contributed by atoms with Gasteiger partial charge in [-0.2, -0.15) is 0 Å². The van der Waals surface area contributed by atoms with Crippen molar-refractivity contribution in [2.24, 2.45) is 5.92 Å². The molecule has 0 spiro atoms. The average Bonchev–Trinajstić information content (AvgIpc) is 2.49. The van der Waals surface area contributed by atoms with E-state index in [2.05, 4.69) is 58.6 Å². The maximum atomic E-state index is 6.43. The number of fused-ring (bicyclic) bond motifs is 1. The molecule has 2 saturated heterocycles. The van der Waals surface area contributed by atoms with Crippen molar-refractivity contribution >= 4 is 0 Å². The smallest absolute Gasteiger partial charge is 0.124 e. The molecule has 2 fully saturated rings. The van der Waals surface area contributed by atoms with Crippen LogP contribution in [-0.2, 0) is 9.47 Å². The summed E-state index contributed by atoms with van der Waals surface area (Å²) in [5, 5.41) is 0. The topological polar surface area (TPSA) is 24.9 Å². The molecule has 0 N–H and O–H groups in total. The molecule has 0 radical (unpaired) electrons. The molecule has 2 aliphatic heterocycles. The Morgan fingerprint density at radius 1 is 1.37 bits per heavy atom. The molecule has 4 heteroatoms. The minimum atomic E-state index is -0.0813. The molecule has 0 amide bonds. The van der Waals surface area contributed by atoms with E-state index >= 15 is 0 Å². The lowest BCUT2D eigenvalue weighted by Crippen LogP contribution is -2.57. The van der Waals surface area contributed by atoms with Crippen molar-refractivity contribution in [3.05, 3.63) is 0 Å². The van der Waals surface area contributed by atoms with Gasteiger partial charge < -0.3 is 14.4 Å². The van der Waals surface area contributed by atoms with Crippen molar-refractivity contribution < 1.29 is 9.47 Å². The molecule has 2 aliphatic rings. The average molecular weight is 270 g/mol. The van der Waals surface area contributed by atoms with Crippen molar-refractivity contribution in [3.63, 3.8) is 0 Å². The van der Waals surface area contributed by atoms with Crippen molar-refractivity contribution in [1.29, 1.82) is 0 Å².